The minimum atomic E-state index is -4.44. The van der Waals surface area contributed by atoms with E-state index < -0.39 is 35.0 Å². The van der Waals surface area contributed by atoms with Gasteiger partial charge in [0.05, 0.1) is 5.56 Å². The number of aliphatic hydroxyl groups is 2. The normalized spacial score (nSPS) is 12.1. The summed E-state index contributed by atoms with van der Waals surface area (Å²) in [6, 6.07) is 9.78. The molecule has 27 heavy (non-hydrogen) atoms. The molecule has 0 aliphatic carbocycles. The monoisotopic (exact) mass is 381 g/mol. The SMILES string of the molecule is N=C(N)/C(O)=C(\O)C(=O)Nc1ccc(Oc2ccc(C(F)(F)F)cc2)cc1. The van der Waals surface area contributed by atoms with Crippen molar-refractivity contribution in [3.63, 3.8) is 0 Å². The van der Waals surface area contributed by atoms with Gasteiger partial charge in [-0.25, -0.2) is 0 Å². The van der Waals surface area contributed by atoms with Crippen molar-refractivity contribution in [2.75, 3.05) is 5.32 Å². The zero-order chi connectivity index (χ0) is 20.2. The van der Waals surface area contributed by atoms with Crippen LogP contribution >= 0.6 is 0 Å². The number of carbonyl (C=O) groups excluding carboxylic acids is 1. The van der Waals surface area contributed by atoms with Gasteiger partial charge in [-0.1, -0.05) is 0 Å². The molecule has 0 bridgehead atoms. The second kappa shape index (κ2) is 7.68. The molecule has 0 aromatic heterocycles. The number of alkyl halides is 3. The average Bonchev–Trinajstić information content (AvgIpc) is 2.61. The molecular weight excluding hydrogens is 367 g/mol. The van der Waals surface area contributed by atoms with Crippen LogP contribution in [0.4, 0.5) is 18.9 Å². The highest BCUT2D eigenvalue weighted by atomic mass is 19.4. The maximum absolute atomic E-state index is 12.5. The van der Waals surface area contributed by atoms with Crippen LogP contribution in [0.3, 0.4) is 0 Å². The van der Waals surface area contributed by atoms with Crippen LogP contribution in [0.2, 0.25) is 0 Å². The number of nitrogens with one attached hydrogen (secondary N) is 2. The number of ether oxygens (including phenoxy) is 1. The summed E-state index contributed by atoms with van der Waals surface area (Å²) in [6.07, 6.45) is -4.44. The number of halogens is 3. The van der Waals surface area contributed by atoms with Crippen LogP contribution in [0.5, 0.6) is 11.5 Å². The molecule has 0 heterocycles. The van der Waals surface area contributed by atoms with Gasteiger partial charge in [0.15, 0.2) is 5.84 Å². The van der Waals surface area contributed by atoms with Crippen molar-refractivity contribution in [3.05, 3.63) is 65.6 Å². The number of nitrogens with two attached hydrogens (primary N) is 1. The first-order valence-corrected chi connectivity index (χ1v) is 7.31. The Morgan fingerprint density at radius 2 is 1.44 bits per heavy atom. The van der Waals surface area contributed by atoms with E-state index in [0.717, 1.165) is 12.1 Å². The minimum absolute atomic E-state index is 0.187. The van der Waals surface area contributed by atoms with Gasteiger partial charge in [-0.2, -0.15) is 13.2 Å². The Hall–Kier alpha value is -3.69. The number of benzene rings is 2. The molecule has 0 aliphatic rings. The van der Waals surface area contributed by atoms with Crippen molar-refractivity contribution in [2.45, 2.75) is 6.18 Å². The molecule has 6 N–H and O–H groups in total. The first-order valence-electron chi connectivity index (χ1n) is 7.31. The van der Waals surface area contributed by atoms with Crippen molar-refractivity contribution < 1.29 is 32.9 Å². The predicted octanol–water partition coefficient (Wildman–Crippen LogP) is 3.70. The van der Waals surface area contributed by atoms with E-state index in [-0.39, 0.29) is 11.4 Å². The molecule has 2 aromatic rings. The molecule has 2 aromatic carbocycles. The second-order valence-electron chi connectivity index (χ2n) is 5.21. The van der Waals surface area contributed by atoms with Crippen molar-refractivity contribution >= 4 is 17.4 Å². The van der Waals surface area contributed by atoms with Gasteiger partial charge >= 0.3 is 6.18 Å². The number of hydrogen-bond acceptors (Lipinski definition) is 5. The summed E-state index contributed by atoms with van der Waals surface area (Å²) in [5, 5.41) is 27.9. The fourth-order valence-corrected chi connectivity index (χ4v) is 1.88. The van der Waals surface area contributed by atoms with Crippen LogP contribution < -0.4 is 15.8 Å². The Morgan fingerprint density at radius 3 is 1.89 bits per heavy atom. The summed E-state index contributed by atoms with van der Waals surface area (Å²) in [5.74, 6) is -3.66. The van der Waals surface area contributed by atoms with Gasteiger partial charge in [-0.15, -0.1) is 0 Å². The Morgan fingerprint density at radius 1 is 0.963 bits per heavy atom. The van der Waals surface area contributed by atoms with Crippen molar-refractivity contribution in [3.8, 4) is 11.5 Å². The fraction of sp³-hybridized carbons (Fsp3) is 0.0588. The molecule has 0 atom stereocenters. The van der Waals surface area contributed by atoms with Crippen LogP contribution in [0.25, 0.3) is 0 Å². The predicted molar refractivity (Wildman–Crippen MR) is 90.8 cm³/mol. The van der Waals surface area contributed by atoms with Gasteiger partial charge < -0.3 is 26.0 Å². The van der Waals surface area contributed by atoms with Crippen LogP contribution in [0.1, 0.15) is 5.56 Å². The van der Waals surface area contributed by atoms with Crippen molar-refractivity contribution in [1.29, 1.82) is 5.41 Å². The van der Waals surface area contributed by atoms with E-state index in [2.05, 4.69) is 5.32 Å². The molecule has 0 aliphatic heterocycles. The molecular formula is C17H14F3N3O4. The van der Waals surface area contributed by atoms with E-state index in [1.165, 1.54) is 36.4 Å². The fourth-order valence-electron chi connectivity index (χ4n) is 1.88. The van der Waals surface area contributed by atoms with Crippen LogP contribution in [0, 0.1) is 5.41 Å². The molecule has 10 heteroatoms. The first-order chi connectivity index (χ1) is 12.6. The van der Waals surface area contributed by atoms with Crippen molar-refractivity contribution in [1.82, 2.24) is 0 Å². The molecule has 0 spiro atoms. The summed E-state index contributed by atoms with van der Waals surface area (Å²) >= 11 is 0. The Kier molecular flexibility index (Phi) is 5.59. The maximum atomic E-state index is 12.5. The molecule has 2 rings (SSSR count). The highest BCUT2D eigenvalue weighted by molar-refractivity contribution is 6.07. The van der Waals surface area contributed by atoms with E-state index in [4.69, 9.17) is 15.9 Å². The van der Waals surface area contributed by atoms with E-state index in [1.807, 2.05) is 0 Å². The van der Waals surface area contributed by atoms with Crippen LogP contribution in [0.15, 0.2) is 60.0 Å². The Balaban J connectivity index is 2.04. The molecule has 0 saturated heterocycles. The molecule has 0 radical (unpaired) electrons. The third-order valence-electron chi connectivity index (χ3n) is 3.22. The molecule has 142 valence electrons. The number of carbonyl (C=O) groups is 1. The number of amides is 1. The zero-order valence-electron chi connectivity index (χ0n) is 13.5. The standard InChI is InChI=1S/C17H14F3N3O4/c18-17(19,20)9-1-5-11(6-2-9)27-12-7-3-10(4-8-12)23-16(26)14(25)13(24)15(21)22/h1-8,24-25H,(H3,21,22)(H,23,26)/b14-13+. The molecule has 0 fully saturated rings. The highest BCUT2D eigenvalue weighted by Crippen LogP contribution is 2.31. The summed E-state index contributed by atoms with van der Waals surface area (Å²) in [6.45, 7) is 0. The van der Waals surface area contributed by atoms with E-state index in [1.54, 1.807) is 0 Å². The van der Waals surface area contributed by atoms with E-state index in [0.29, 0.717) is 5.75 Å². The van der Waals surface area contributed by atoms with Gasteiger partial charge in [-0.05, 0) is 48.5 Å². The number of amidine groups is 1. The van der Waals surface area contributed by atoms with E-state index >= 15 is 0 Å². The molecule has 7 nitrogen and oxygen atoms in total. The second-order valence-corrected chi connectivity index (χ2v) is 5.21. The molecule has 0 saturated carbocycles. The van der Waals surface area contributed by atoms with Gasteiger partial charge in [0.2, 0.25) is 11.5 Å². The quantitative estimate of drug-likeness (QED) is 0.233. The van der Waals surface area contributed by atoms with Gasteiger partial charge in [0, 0.05) is 5.69 Å². The summed E-state index contributed by atoms with van der Waals surface area (Å²) < 4.78 is 42.9. The molecule has 0 unspecified atom stereocenters. The zero-order valence-corrected chi connectivity index (χ0v) is 13.5. The van der Waals surface area contributed by atoms with Crippen LogP contribution in [-0.2, 0) is 11.0 Å². The lowest BCUT2D eigenvalue weighted by Gasteiger charge is -2.10. The number of rotatable bonds is 5. The number of hydrogen-bond donors (Lipinski definition) is 5. The third-order valence-corrected chi connectivity index (χ3v) is 3.22. The van der Waals surface area contributed by atoms with Gasteiger partial charge in [0.1, 0.15) is 11.5 Å². The minimum Gasteiger partial charge on any atom is -0.502 e. The summed E-state index contributed by atoms with van der Waals surface area (Å²) in [4.78, 5) is 11.7. The first kappa shape index (κ1) is 19.6. The summed E-state index contributed by atoms with van der Waals surface area (Å²) in [7, 11) is 0. The topological polar surface area (TPSA) is 129 Å². The largest absolute Gasteiger partial charge is 0.502 e. The Bertz CT molecular complexity index is 876. The lowest BCUT2D eigenvalue weighted by molar-refractivity contribution is -0.137. The highest BCUT2D eigenvalue weighted by Gasteiger charge is 2.30. The number of anilines is 1. The van der Waals surface area contributed by atoms with Gasteiger partial charge in [-0.3, -0.25) is 10.2 Å². The van der Waals surface area contributed by atoms with Crippen molar-refractivity contribution in [2.24, 2.45) is 5.73 Å². The lowest BCUT2D eigenvalue weighted by atomic mass is 10.2. The lowest BCUT2D eigenvalue weighted by Crippen LogP contribution is -2.22. The van der Waals surface area contributed by atoms with Crippen LogP contribution in [-0.4, -0.2) is 22.0 Å². The Labute approximate surface area is 151 Å². The third kappa shape index (κ3) is 5.14. The molecule has 1 amide bonds. The van der Waals surface area contributed by atoms with E-state index in [9.17, 15) is 28.2 Å². The maximum Gasteiger partial charge on any atom is 0.416 e. The number of aliphatic hydroxyl groups excluding tert-OH is 2. The average molecular weight is 381 g/mol. The smallest absolute Gasteiger partial charge is 0.416 e. The van der Waals surface area contributed by atoms with Gasteiger partial charge in [0.25, 0.3) is 5.91 Å². The summed E-state index contributed by atoms with van der Waals surface area (Å²) in [5.41, 5.74) is 4.38.